The van der Waals surface area contributed by atoms with E-state index in [1.54, 1.807) is 0 Å². The van der Waals surface area contributed by atoms with Gasteiger partial charge in [-0.15, -0.1) is 0 Å². The van der Waals surface area contributed by atoms with Crippen molar-refractivity contribution in [2.24, 2.45) is 0 Å². The number of hydrogen-bond acceptors (Lipinski definition) is 4. The van der Waals surface area contributed by atoms with Crippen LogP contribution in [0.25, 0.3) is 0 Å². The third-order valence-electron chi connectivity index (χ3n) is 4.01. The van der Waals surface area contributed by atoms with Crippen molar-refractivity contribution in [2.75, 3.05) is 0 Å². The minimum absolute atomic E-state index is 0.702. The Morgan fingerprint density at radius 1 is 0.923 bits per heavy atom. The van der Waals surface area contributed by atoms with Gasteiger partial charge in [-0.2, -0.15) is 0 Å². The number of rotatable bonds is 5. The first-order chi connectivity index (χ1) is 12.5. The van der Waals surface area contributed by atoms with E-state index in [2.05, 4.69) is 23.5 Å². The molecular formula is C20H23NO5. The molecule has 0 aromatic heterocycles. The third kappa shape index (κ3) is 6.94. The molecule has 1 aliphatic rings. The molecule has 0 spiro atoms. The highest BCUT2D eigenvalue weighted by molar-refractivity contribution is 6.27. The minimum atomic E-state index is -1.82. The monoisotopic (exact) mass is 357 g/mol. The fourth-order valence-corrected chi connectivity index (χ4v) is 2.74. The Morgan fingerprint density at radius 2 is 1.54 bits per heavy atom. The first kappa shape index (κ1) is 19.5. The average molecular weight is 357 g/mol. The van der Waals surface area contributed by atoms with E-state index >= 15 is 0 Å². The number of hydrogen-bond donors (Lipinski definition) is 3. The summed E-state index contributed by atoms with van der Waals surface area (Å²) in [6.07, 6.45) is 5.38. The molecule has 6 heteroatoms. The molecule has 1 fully saturated rings. The van der Waals surface area contributed by atoms with E-state index in [1.165, 1.54) is 31.2 Å². The number of para-hydroxylation sites is 1. The van der Waals surface area contributed by atoms with Gasteiger partial charge in [0.25, 0.3) is 0 Å². The van der Waals surface area contributed by atoms with Crippen LogP contribution in [0.3, 0.4) is 0 Å². The molecule has 3 rings (SSSR count). The molecule has 1 aliphatic carbocycles. The van der Waals surface area contributed by atoms with E-state index in [9.17, 15) is 0 Å². The van der Waals surface area contributed by atoms with Gasteiger partial charge in [-0.1, -0.05) is 43.2 Å². The van der Waals surface area contributed by atoms with Gasteiger partial charge in [0.2, 0.25) is 0 Å². The van der Waals surface area contributed by atoms with Crippen molar-refractivity contribution in [3.63, 3.8) is 0 Å². The van der Waals surface area contributed by atoms with Gasteiger partial charge in [0.15, 0.2) is 0 Å². The smallest absolute Gasteiger partial charge is 0.414 e. The third-order valence-corrected chi connectivity index (χ3v) is 4.01. The molecule has 1 saturated carbocycles. The summed E-state index contributed by atoms with van der Waals surface area (Å²) in [7, 11) is 0. The van der Waals surface area contributed by atoms with Gasteiger partial charge in [0, 0.05) is 12.6 Å². The summed E-state index contributed by atoms with van der Waals surface area (Å²) in [5.74, 6) is -1.86. The Kier molecular flexibility index (Phi) is 7.64. The molecule has 0 heterocycles. The van der Waals surface area contributed by atoms with E-state index in [-0.39, 0.29) is 0 Å². The molecule has 0 amide bonds. The number of carboxylic acid groups (broad SMARTS) is 2. The predicted molar refractivity (Wildman–Crippen MR) is 97.3 cm³/mol. The molecule has 0 saturated heterocycles. The molecule has 6 nitrogen and oxygen atoms in total. The van der Waals surface area contributed by atoms with Crippen LogP contribution in [0, 0.1) is 0 Å². The highest BCUT2D eigenvalue weighted by Crippen LogP contribution is 2.22. The van der Waals surface area contributed by atoms with Crippen LogP contribution in [-0.4, -0.2) is 28.2 Å². The standard InChI is InChI=1S/C18H21NO.C2H2O4/c1-2-10-17(11-3-1)20-18-12-6-7-15(13-18)14-19-16-8-4-5-9-16;3-1(4)2(5)6/h1-3,6-7,10-13,16,19H,4-5,8-9,14H2;(H,3,4)(H,5,6). The van der Waals surface area contributed by atoms with Crippen LogP contribution in [0.2, 0.25) is 0 Å². The van der Waals surface area contributed by atoms with Crippen LogP contribution >= 0.6 is 0 Å². The van der Waals surface area contributed by atoms with Crippen LogP contribution in [0.5, 0.6) is 11.5 Å². The molecular weight excluding hydrogens is 334 g/mol. The van der Waals surface area contributed by atoms with Gasteiger partial charge < -0.3 is 20.3 Å². The number of carbonyl (C=O) groups is 2. The fraction of sp³-hybridized carbons (Fsp3) is 0.300. The molecule has 26 heavy (non-hydrogen) atoms. The Bertz CT molecular complexity index is 699. The van der Waals surface area contributed by atoms with Crippen LogP contribution in [0.4, 0.5) is 0 Å². The first-order valence-corrected chi connectivity index (χ1v) is 8.56. The van der Waals surface area contributed by atoms with Gasteiger partial charge in [-0.25, -0.2) is 9.59 Å². The predicted octanol–water partition coefficient (Wildman–Crippen LogP) is 3.67. The maximum atomic E-state index is 9.10. The highest BCUT2D eigenvalue weighted by atomic mass is 16.5. The Labute approximate surface area is 152 Å². The lowest BCUT2D eigenvalue weighted by atomic mass is 10.2. The zero-order chi connectivity index (χ0) is 18.8. The largest absolute Gasteiger partial charge is 0.473 e. The van der Waals surface area contributed by atoms with Gasteiger partial charge in [-0.05, 0) is 42.7 Å². The Hall–Kier alpha value is -2.86. The molecule has 2 aromatic rings. The summed E-state index contributed by atoms with van der Waals surface area (Å²) >= 11 is 0. The summed E-state index contributed by atoms with van der Waals surface area (Å²) in [6.45, 7) is 0.927. The topological polar surface area (TPSA) is 95.9 Å². The van der Waals surface area contributed by atoms with Crippen molar-refractivity contribution in [1.29, 1.82) is 0 Å². The van der Waals surface area contributed by atoms with E-state index in [0.29, 0.717) is 6.04 Å². The van der Waals surface area contributed by atoms with E-state index < -0.39 is 11.9 Å². The molecule has 3 N–H and O–H groups in total. The summed E-state index contributed by atoms with van der Waals surface area (Å²) in [5.41, 5.74) is 1.28. The molecule has 138 valence electrons. The maximum Gasteiger partial charge on any atom is 0.414 e. The summed E-state index contributed by atoms with van der Waals surface area (Å²) in [6, 6.07) is 19.0. The second kappa shape index (κ2) is 10.2. The molecule has 0 bridgehead atoms. The van der Waals surface area contributed by atoms with E-state index in [4.69, 9.17) is 24.5 Å². The molecule has 0 aliphatic heterocycles. The summed E-state index contributed by atoms with van der Waals surface area (Å²) in [5, 5.41) is 18.4. The maximum absolute atomic E-state index is 9.10. The van der Waals surface area contributed by atoms with E-state index in [1.807, 2.05) is 36.4 Å². The lowest BCUT2D eigenvalue weighted by molar-refractivity contribution is -0.159. The van der Waals surface area contributed by atoms with Crippen molar-refractivity contribution >= 4 is 11.9 Å². The number of ether oxygens (including phenoxy) is 1. The average Bonchev–Trinajstić information content (AvgIpc) is 3.15. The zero-order valence-corrected chi connectivity index (χ0v) is 14.4. The Balaban J connectivity index is 0.000000352. The zero-order valence-electron chi connectivity index (χ0n) is 14.4. The number of benzene rings is 2. The lowest BCUT2D eigenvalue weighted by Crippen LogP contribution is -2.25. The number of nitrogens with one attached hydrogen (secondary N) is 1. The van der Waals surface area contributed by atoms with Crippen LogP contribution in [0.1, 0.15) is 31.2 Å². The minimum Gasteiger partial charge on any atom is -0.473 e. The van der Waals surface area contributed by atoms with Crippen LogP contribution in [-0.2, 0) is 16.1 Å². The molecule has 2 aromatic carbocycles. The fourth-order valence-electron chi connectivity index (χ4n) is 2.74. The van der Waals surface area contributed by atoms with Crippen LogP contribution < -0.4 is 10.1 Å². The lowest BCUT2D eigenvalue weighted by Gasteiger charge is -2.12. The van der Waals surface area contributed by atoms with Crippen molar-refractivity contribution in [1.82, 2.24) is 5.32 Å². The second-order valence-electron chi connectivity index (χ2n) is 6.04. The quantitative estimate of drug-likeness (QED) is 0.707. The van der Waals surface area contributed by atoms with Gasteiger partial charge in [0.05, 0.1) is 0 Å². The van der Waals surface area contributed by atoms with E-state index in [0.717, 1.165) is 18.0 Å². The summed E-state index contributed by atoms with van der Waals surface area (Å²) < 4.78 is 5.86. The van der Waals surface area contributed by atoms with Gasteiger partial charge in [-0.3, -0.25) is 0 Å². The van der Waals surface area contributed by atoms with Crippen molar-refractivity contribution in [3.05, 3.63) is 60.2 Å². The number of aliphatic carboxylic acids is 2. The number of carboxylic acids is 2. The van der Waals surface area contributed by atoms with Crippen LogP contribution in [0.15, 0.2) is 54.6 Å². The summed E-state index contributed by atoms with van der Waals surface area (Å²) in [4.78, 5) is 18.2. The van der Waals surface area contributed by atoms with Gasteiger partial charge in [0.1, 0.15) is 11.5 Å². The van der Waals surface area contributed by atoms with Crippen molar-refractivity contribution in [2.45, 2.75) is 38.3 Å². The normalized spacial score (nSPS) is 13.5. The highest BCUT2D eigenvalue weighted by Gasteiger charge is 2.13. The first-order valence-electron chi connectivity index (χ1n) is 8.56. The molecule has 0 atom stereocenters. The van der Waals surface area contributed by atoms with Crippen molar-refractivity contribution < 1.29 is 24.5 Å². The Morgan fingerprint density at radius 3 is 2.15 bits per heavy atom. The van der Waals surface area contributed by atoms with Gasteiger partial charge >= 0.3 is 11.9 Å². The second-order valence-corrected chi connectivity index (χ2v) is 6.04. The molecule has 0 unspecified atom stereocenters. The SMILES string of the molecule is O=C(O)C(=O)O.c1ccc(Oc2cccc(CNC3CCCC3)c2)cc1. The molecule has 0 radical (unpaired) electrons. The van der Waals surface area contributed by atoms with Crippen molar-refractivity contribution in [3.8, 4) is 11.5 Å².